The summed E-state index contributed by atoms with van der Waals surface area (Å²) in [6.07, 6.45) is 6.23. The maximum absolute atomic E-state index is 10.5. The number of rotatable bonds is 3. The van der Waals surface area contributed by atoms with Crippen LogP contribution in [0.3, 0.4) is 0 Å². The van der Waals surface area contributed by atoms with Crippen molar-refractivity contribution < 1.29 is 5.11 Å². The van der Waals surface area contributed by atoms with E-state index in [0.29, 0.717) is 17.8 Å². The molecule has 3 atom stereocenters. The SMILES string of the molecule is CC1CCC(C(O)C2CC2c2ccccc2)CC1. The highest BCUT2D eigenvalue weighted by molar-refractivity contribution is 5.26. The molecule has 1 aromatic carbocycles. The lowest BCUT2D eigenvalue weighted by Gasteiger charge is -2.30. The molecule has 3 unspecified atom stereocenters. The lowest BCUT2D eigenvalue weighted by Crippen LogP contribution is -2.27. The molecule has 0 saturated heterocycles. The van der Waals surface area contributed by atoms with E-state index in [1.54, 1.807) is 0 Å². The Kier molecular flexibility index (Phi) is 3.43. The Hall–Kier alpha value is -0.820. The Labute approximate surface area is 110 Å². The maximum atomic E-state index is 10.5. The van der Waals surface area contributed by atoms with Crippen LogP contribution < -0.4 is 0 Å². The van der Waals surface area contributed by atoms with Crippen LogP contribution in [0.5, 0.6) is 0 Å². The van der Waals surface area contributed by atoms with Gasteiger partial charge in [0.2, 0.25) is 0 Å². The zero-order chi connectivity index (χ0) is 12.5. The molecule has 0 heterocycles. The molecular formula is C17H24O. The molecule has 2 fully saturated rings. The van der Waals surface area contributed by atoms with Crippen LogP contribution in [0.4, 0.5) is 0 Å². The van der Waals surface area contributed by atoms with Gasteiger partial charge in [0.25, 0.3) is 0 Å². The largest absolute Gasteiger partial charge is 0.393 e. The Morgan fingerprint density at radius 3 is 2.39 bits per heavy atom. The maximum Gasteiger partial charge on any atom is 0.0602 e. The molecule has 1 heteroatoms. The molecule has 98 valence electrons. The smallest absolute Gasteiger partial charge is 0.0602 e. The first kappa shape index (κ1) is 12.2. The Morgan fingerprint density at radius 2 is 1.72 bits per heavy atom. The van der Waals surface area contributed by atoms with Gasteiger partial charge in [0, 0.05) is 0 Å². The number of hydrogen-bond acceptors (Lipinski definition) is 1. The third-order valence-corrected chi connectivity index (χ3v) is 5.05. The molecule has 0 spiro atoms. The van der Waals surface area contributed by atoms with E-state index in [2.05, 4.69) is 37.3 Å². The van der Waals surface area contributed by atoms with Gasteiger partial charge in [-0.15, -0.1) is 0 Å². The minimum Gasteiger partial charge on any atom is -0.393 e. The van der Waals surface area contributed by atoms with Crippen LogP contribution in [0.2, 0.25) is 0 Å². The van der Waals surface area contributed by atoms with Gasteiger partial charge in [0.15, 0.2) is 0 Å². The molecule has 2 aliphatic carbocycles. The zero-order valence-corrected chi connectivity index (χ0v) is 11.3. The summed E-state index contributed by atoms with van der Waals surface area (Å²) in [6, 6.07) is 10.7. The van der Waals surface area contributed by atoms with E-state index in [1.807, 2.05) is 0 Å². The van der Waals surface area contributed by atoms with Crippen molar-refractivity contribution in [2.45, 2.75) is 51.0 Å². The summed E-state index contributed by atoms with van der Waals surface area (Å²) in [6.45, 7) is 2.34. The van der Waals surface area contributed by atoms with E-state index in [0.717, 1.165) is 5.92 Å². The van der Waals surface area contributed by atoms with Gasteiger partial charge in [0.1, 0.15) is 0 Å². The van der Waals surface area contributed by atoms with Crippen LogP contribution in [0.1, 0.15) is 50.5 Å². The number of benzene rings is 1. The van der Waals surface area contributed by atoms with Crippen molar-refractivity contribution >= 4 is 0 Å². The lowest BCUT2D eigenvalue weighted by atomic mass is 9.78. The van der Waals surface area contributed by atoms with Crippen molar-refractivity contribution in [3.05, 3.63) is 35.9 Å². The molecule has 0 amide bonds. The van der Waals surface area contributed by atoms with E-state index < -0.39 is 0 Å². The van der Waals surface area contributed by atoms with Crippen molar-refractivity contribution in [3.63, 3.8) is 0 Å². The molecule has 0 radical (unpaired) electrons. The summed E-state index contributed by atoms with van der Waals surface area (Å²) in [5.74, 6) is 2.60. The van der Waals surface area contributed by atoms with Gasteiger partial charge in [0.05, 0.1) is 6.10 Å². The first-order valence-corrected chi connectivity index (χ1v) is 7.48. The van der Waals surface area contributed by atoms with Crippen molar-refractivity contribution in [1.82, 2.24) is 0 Å². The van der Waals surface area contributed by atoms with Crippen molar-refractivity contribution in [2.24, 2.45) is 17.8 Å². The fraction of sp³-hybridized carbons (Fsp3) is 0.647. The van der Waals surface area contributed by atoms with Crippen LogP contribution in [0, 0.1) is 17.8 Å². The Morgan fingerprint density at radius 1 is 1.06 bits per heavy atom. The third-order valence-electron chi connectivity index (χ3n) is 5.05. The molecule has 18 heavy (non-hydrogen) atoms. The molecule has 0 bridgehead atoms. The fourth-order valence-electron chi connectivity index (χ4n) is 3.65. The second-order valence-electron chi connectivity index (χ2n) is 6.43. The normalized spacial score (nSPS) is 37.2. The quantitative estimate of drug-likeness (QED) is 0.852. The van der Waals surface area contributed by atoms with Gasteiger partial charge in [-0.2, -0.15) is 0 Å². The first-order valence-electron chi connectivity index (χ1n) is 7.48. The van der Waals surface area contributed by atoms with Crippen LogP contribution in [-0.2, 0) is 0 Å². The van der Waals surface area contributed by atoms with Gasteiger partial charge in [-0.3, -0.25) is 0 Å². The van der Waals surface area contributed by atoms with E-state index in [1.165, 1.54) is 37.7 Å². The number of hydrogen-bond donors (Lipinski definition) is 1. The summed E-state index contributed by atoms with van der Waals surface area (Å²) < 4.78 is 0. The highest BCUT2D eigenvalue weighted by Gasteiger charge is 2.46. The van der Waals surface area contributed by atoms with E-state index in [4.69, 9.17) is 0 Å². The average molecular weight is 244 g/mol. The number of aliphatic hydroxyl groups is 1. The summed E-state index contributed by atoms with van der Waals surface area (Å²) in [7, 11) is 0. The van der Waals surface area contributed by atoms with Crippen LogP contribution in [0.25, 0.3) is 0 Å². The summed E-state index contributed by atoms with van der Waals surface area (Å²) >= 11 is 0. The Balaban J connectivity index is 1.57. The minimum absolute atomic E-state index is 0.0530. The van der Waals surface area contributed by atoms with Crippen LogP contribution in [0.15, 0.2) is 30.3 Å². The standard InChI is InChI=1S/C17H24O/c1-12-7-9-14(10-8-12)17(18)16-11-15(16)13-5-3-2-4-6-13/h2-6,12,14-18H,7-11H2,1H3. The highest BCUT2D eigenvalue weighted by Crippen LogP contribution is 2.52. The minimum atomic E-state index is -0.0530. The van der Waals surface area contributed by atoms with Gasteiger partial charge in [-0.1, -0.05) is 50.1 Å². The first-order chi connectivity index (χ1) is 8.75. The molecular weight excluding hydrogens is 220 g/mol. The fourth-order valence-corrected chi connectivity index (χ4v) is 3.65. The summed E-state index contributed by atoms with van der Waals surface area (Å²) in [4.78, 5) is 0. The van der Waals surface area contributed by atoms with Gasteiger partial charge >= 0.3 is 0 Å². The molecule has 2 saturated carbocycles. The van der Waals surface area contributed by atoms with Gasteiger partial charge in [-0.05, 0) is 48.5 Å². The molecule has 1 nitrogen and oxygen atoms in total. The Bertz CT molecular complexity index is 378. The van der Waals surface area contributed by atoms with Gasteiger partial charge < -0.3 is 5.11 Å². The van der Waals surface area contributed by atoms with Gasteiger partial charge in [-0.25, -0.2) is 0 Å². The van der Waals surface area contributed by atoms with Crippen LogP contribution >= 0.6 is 0 Å². The number of aliphatic hydroxyl groups excluding tert-OH is 1. The van der Waals surface area contributed by atoms with E-state index >= 15 is 0 Å². The predicted molar refractivity (Wildman–Crippen MR) is 74.4 cm³/mol. The zero-order valence-electron chi connectivity index (χ0n) is 11.3. The molecule has 1 aromatic rings. The lowest BCUT2D eigenvalue weighted by molar-refractivity contribution is 0.0564. The van der Waals surface area contributed by atoms with Crippen molar-refractivity contribution in [1.29, 1.82) is 0 Å². The topological polar surface area (TPSA) is 20.2 Å². The summed E-state index contributed by atoms with van der Waals surface area (Å²) in [5, 5.41) is 10.5. The second kappa shape index (κ2) is 5.05. The summed E-state index contributed by atoms with van der Waals surface area (Å²) in [5.41, 5.74) is 1.42. The van der Waals surface area contributed by atoms with E-state index in [-0.39, 0.29) is 6.10 Å². The van der Waals surface area contributed by atoms with Crippen molar-refractivity contribution in [2.75, 3.05) is 0 Å². The molecule has 1 N–H and O–H groups in total. The molecule has 2 aliphatic rings. The molecule has 3 rings (SSSR count). The van der Waals surface area contributed by atoms with Crippen molar-refractivity contribution in [3.8, 4) is 0 Å². The molecule has 0 aromatic heterocycles. The third kappa shape index (κ3) is 2.47. The second-order valence-corrected chi connectivity index (χ2v) is 6.43. The monoisotopic (exact) mass is 244 g/mol. The van der Waals surface area contributed by atoms with Crippen LogP contribution in [-0.4, -0.2) is 11.2 Å². The van der Waals surface area contributed by atoms with E-state index in [9.17, 15) is 5.11 Å². The average Bonchev–Trinajstić information content (AvgIpc) is 3.20. The molecule has 0 aliphatic heterocycles. The predicted octanol–water partition coefficient (Wildman–Crippen LogP) is 3.98. The highest BCUT2D eigenvalue weighted by atomic mass is 16.3.